The highest BCUT2D eigenvalue weighted by Gasteiger charge is 2.15. The van der Waals surface area contributed by atoms with E-state index in [1.165, 1.54) is 0 Å². The van der Waals surface area contributed by atoms with Crippen molar-refractivity contribution in [2.75, 3.05) is 5.32 Å². The lowest BCUT2D eigenvalue weighted by Crippen LogP contribution is -2.34. The van der Waals surface area contributed by atoms with Gasteiger partial charge in [0.1, 0.15) is 5.76 Å². The number of para-hydroxylation sites is 1. The van der Waals surface area contributed by atoms with E-state index in [1.807, 2.05) is 24.3 Å². The Morgan fingerprint density at radius 2 is 1.89 bits per heavy atom. The highest BCUT2D eigenvalue weighted by molar-refractivity contribution is 7.80. The van der Waals surface area contributed by atoms with Crippen LogP contribution in [0.5, 0.6) is 0 Å². The summed E-state index contributed by atoms with van der Waals surface area (Å²) in [5.41, 5.74) is 2.61. The fourth-order valence-corrected chi connectivity index (χ4v) is 3.27. The highest BCUT2D eigenvalue weighted by Crippen LogP contribution is 2.31. The van der Waals surface area contributed by atoms with Gasteiger partial charge in [-0.05, 0) is 60.6 Å². The molecular formula is C20H16Cl2N2O2S. The lowest BCUT2D eigenvalue weighted by Gasteiger charge is -2.12. The Hall–Kier alpha value is -2.34. The van der Waals surface area contributed by atoms with Gasteiger partial charge in [-0.3, -0.25) is 10.1 Å². The number of furan rings is 1. The topological polar surface area (TPSA) is 54.3 Å². The Balaban J connectivity index is 1.70. The normalized spacial score (nSPS) is 10.5. The van der Waals surface area contributed by atoms with Gasteiger partial charge in [-0.2, -0.15) is 0 Å². The number of rotatable bonds is 4. The number of halogens is 2. The molecule has 0 aliphatic carbocycles. The van der Waals surface area contributed by atoms with Crippen molar-refractivity contribution in [3.8, 4) is 11.3 Å². The first-order valence-corrected chi connectivity index (χ1v) is 9.40. The maximum absolute atomic E-state index is 12.4. The van der Waals surface area contributed by atoms with Crippen LogP contribution in [0, 0.1) is 0 Å². The fraction of sp³-hybridized carbons (Fsp3) is 0.100. The summed E-state index contributed by atoms with van der Waals surface area (Å²) in [6.07, 6.45) is 0.850. The molecule has 0 spiro atoms. The molecule has 4 nitrogen and oxygen atoms in total. The van der Waals surface area contributed by atoms with Crippen LogP contribution in [0.3, 0.4) is 0 Å². The summed E-state index contributed by atoms with van der Waals surface area (Å²) >= 11 is 17.3. The number of hydrogen-bond acceptors (Lipinski definition) is 3. The summed E-state index contributed by atoms with van der Waals surface area (Å²) < 4.78 is 5.62. The number of carbonyl (C=O) groups is 1. The predicted octanol–water partition coefficient (Wildman–Crippen LogP) is 5.94. The smallest absolute Gasteiger partial charge is 0.293 e. The van der Waals surface area contributed by atoms with Crippen molar-refractivity contribution >= 4 is 52.1 Å². The zero-order valence-electron chi connectivity index (χ0n) is 14.4. The van der Waals surface area contributed by atoms with Crippen molar-refractivity contribution in [1.29, 1.82) is 0 Å². The van der Waals surface area contributed by atoms with E-state index in [9.17, 15) is 4.79 Å². The number of carbonyl (C=O) groups excluding carboxylic acids is 1. The standard InChI is InChI=1S/C20H16Cl2N2O2S/c1-2-12-5-3-4-6-16(12)23-20(27)24-19(25)18-10-9-17(26-18)14-8-7-13(21)11-15(14)22/h3-11H,2H2,1H3,(H2,23,24,25,27). The molecule has 3 aromatic rings. The van der Waals surface area contributed by atoms with Crippen LogP contribution >= 0.6 is 35.4 Å². The predicted molar refractivity (Wildman–Crippen MR) is 114 cm³/mol. The lowest BCUT2D eigenvalue weighted by atomic mass is 10.1. The zero-order valence-corrected chi connectivity index (χ0v) is 16.7. The summed E-state index contributed by atoms with van der Waals surface area (Å²) in [6.45, 7) is 2.05. The first-order valence-electron chi connectivity index (χ1n) is 8.23. The van der Waals surface area contributed by atoms with Gasteiger partial charge in [-0.25, -0.2) is 0 Å². The first kappa shape index (κ1) is 19.4. The third-order valence-corrected chi connectivity index (χ3v) is 4.65. The molecule has 0 saturated heterocycles. The van der Waals surface area contributed by atoms with Gasteiger partial charge in [-0.15, -0.1) is 0 Å². The van der Waals surface area contributed by atoms with Gasteiger partial charge in [0, 0.05) is 16.3 Å². The quantitative estimate of drug-likeness (QED) is 0.514. The van der Waals surface area contributed by atoms with E-state index in [0.29, 0.717) is 21.4 Å². The van der Waals surface area contributed by atoms with Crippen molar-refractivity contribution in [3.05, 3.63) is 76.0 Å². The molecular weight excluding hydrogens is 403 g/mol. The largest absolute Gasteiger partial charge is 0.451 e. The van der Waals surface area contributed by atoms with Crippen LogP contribution in [0.1, 0.15) is 23.0 Å². The second kappa shape index (κ2) is 8.57. The minimum Gasteiger partial charge on any atom is -0.451 e. The Kier molecular flexibility index (Phi) is 6.16. The third kappa shape index (κ3) is 4.69. The van der Waals surface area contributed by atoms with Gasteiger partial charge < -0.3 is 9.73 Å². The van der Waals surface area contributed by atoms with Gasteiger partial charge in [-0.1, -0.05) is 48.3 Å². The van der Waals surface area contributed by atoms with E-state index < -0.39 is 5.91 Å². The van der Waals surface area contributed by atoms with Gasteiger partial charge >= 0.3 is 0 Å². The van der Waals surface area contributed by atoms with Crippen molar-refractivity contribution < 1.29 is 9.21 Å². The number of benzene rings is 2. The molecule has 0 aliphatic rings. The molecule has 27 heavy (non-hydrogen) atoms. The lowest BCUT2D eigenvalue weighted by molar-refractivity contribution is 0.0951. The molecule has 0 unspecified atom stereocenters. The molecule has 0 aliphatic heterocycles. The fourth-order valence-electron chi connectivity index (χ4n) is 2.56. The minimum atomic E-state index is -0.446. The molecule has 0 radical (unpaired) electrons. The number of nitrogens with one attached hydrogen (secondary N) is 2. The molecule has 1 heterocycles. The molecule has 0 fully saturated rings. The maximum Gasteiger partial charge on any atom is 0.293 e. The van der Waals surface area contributed by atoms with Crippen molar-refractivity contribution in [2.24, 2.45) is 0 Å². The molecule has 0 atom stereocenters. The molecule has 2 N–H and O–H groups in total. The van der Waals surface area contributed by atoms with E-state index >= 15 is 0 Å². The van der Waals surface area contributed by atoms with Crippen LogP contribution in [0.25, 0.3) is 11.3 Å². The molecule has 138 valence electrons. The second-order valence-corrected chi connectivity index (χ2v) is 6.96. The van der Waals surface area contributed by atoms with Crippen LogP contribution in [0.15, 0.2) is 59.0 Å². The number of aryl methyl sites for hydroxylation is 1. The summed E-state index contributed by atoms with van der Waals surface area (Å²) in [4.78, 5) is 12.4. The van der Waals surface area contributed by atoms with Gasteiger partial charge in [0.05, 0.1) is 5.02 Å². The van der Waals surface area contributed by atoms with Gasteiger partial charge in [0.15, 0.2) is 10.9 Å². The summed E-state index contributed by atoms with van der Waals surface area (Å²) in [5.74, 6) is 0.152. The summed E-state index contributed by atoms with van der Waals surface area (Å²) in [7, 11) is 0. The average Bonchev–Trinajstić information content (AvgIpc) is 3.12. The zero-order chi connectivity index (χ0) is 19.4. The number of anilines is 1. The highest BCUT2D eigenvalue weighted by atomic mass is 35.5. The molecule has 1 amide bonds. The van der Waals surface area contributed by atoms with Gasteiger partial charge in [0.25, 0.3) is 5.91 Å². The third-order valence-electron chi connectivity index (χ3n) is 3.90. The Morgan fingerprint density at radius 1 is 1.11 bits per heavy atom. The van der Waals surface area contributed by atoms with Crippen LogP contribution in [-0.4, -0.2) is 11.0 Å². The van der Waals surface area contributed by atoms with E-state index in [0.717, 1.165) is 17.7 Å². The Bertz CT molecular complexity index is 1000. The van der Waals surface area contributed by atoms with Crippen LogP contribution in [0.2, 0.25) is 10.0 Å². The monoisotopic (exact) mass is 418 g/mol. The van der Waals surface area contributed by atoms with Crippen LogP contribution in [0.4, 0.5) is 5.69 Å². The summed E-state index contributed by atoms with van der Waals surface area (Å²) in [6, 6.07) is 16.1. The van der Waals surface area contributed by atoms with Crippen molar-refractivity contribution in [2.45, 2.75) is 13.3 Å². The van der Waals surface area contributed by atoms with E-state index in [1.54, 1.807) is 30.3 Å². The second-order valence-electron chi connectivity index (χ2n) is 5.71. The molecule has 0 bridgehead atoms. The molecule has 3 rings (SSSR count). The number of thiocarbonyl (C=S) groups is 1. The maximum atomic E-state index is 12.4. The summed E-state index contributed by atoms with van der Waals surface area (Å²) in [5, 5.41) is 6.82. The van der Waals surface area contributed by atoms with Crippen molar-refractivity contribution in [3.63, 3.8) is 0 Å². The van der Waals surface area contributed by atoms with Crippen LogP contribution in [-0.2, 0) is 6.42 Å². The molecule has 7 heteroatoms. The number of hydrogen-bond donors (Lipinski definition) is 2. The van der Waals surface area contributed by atoms with E-state index in [4.69, 9.17) is 39.8 Å². The SMILES string of the molecule is CCc1ccccc1NC(=S)NC(=O)c1ccc(-c2ccc(Cl)cc2Cl)o1. The molecule has 1 aromatic heterocycles. The van der Waals surface area contributed by atoms with E-state index in [-0.39, 0.29) is 10.9 Å². The van der Waals surface area contributed by atoms with E-state index in [2.05, 4.69) is 17.6 Å². The average molecular weight is 419 g/mol. The molecule has 0 saturated carbocycles. The molecule has 2 aromatic carbocycles. The van der Waals surface area contributed by atoms with Gasteiger partial charge in [0.2, 0.25) is 0 Å². The number of amides is 1. The Morgan fingerprint density at radius 3 is 2.63 bits per heavy atom. The first-order chi connectivity index (χ1) is 13.0. The minimum absolute atomic E-state index is 0.129. The Labute approximate surface area is 172 Å². The van der Waals surface area contributed by atoms with Crippen LogP contribution < -0.4 is 10.6 Å². The van der Waals surface area contributed by atoms with Crippen molar-refractivity contribution in [1.82, 2.24) is 5.32 Å².